The van der Waals surface area contributed by atoms with Gasteiger partial charge in [0.2, 0.25) is 0 Å². The zero-order chi connectivity index (χ0) is 20.4. The minimum Gasteiger partial charge on any atom is -0.443 e. The zero-order valence-electron chi connectivity index (χ0n) is 18.0. The fraction of sp³-hybridized carbons (Fsp3) is 0.864. The molecule has 0 aromatic rings. The van der Waals surface area contributed by atoms with Crippen LogP contribution in [0.15, 0.2) is 11.6 Å². The number of fused-ring (bicyclic) bond motifs is 2. The summed E-state index contributed by atoms with van der Waals surface area (Å²) in [6, 6.07) is 0.686. The van der Waals surface area contributed by atoms with Crippen molar-refractivity contribution in [3.8, 4) is 0 Å². The standard InChI is InChI=1S/C22H34N2O5/c1-13(2)5-6-17-21(3,29-17)19-18(26-4)16(7-8-22(19)12-27-22)28-20(25)24-11-14-9-15(24)10-23-14/h5,14-19,23H,6-12H2,1-4H3/t14?,15?,16-,17-,18-,19-,21+,22+/m1/s1. The molecule has 0 aromatic heterocycles. The van der Waals surface area contributed by atoms with E-state index in [1.165, 1.54) is 5.57 Å². The Bertz CT molecular complexity index is 703. The molecule has 1 amide bonds. The van der Waals surface area contributed by atoms with Crippen LogP contribution in [0.2, 0.25) is 0 Å². The fourth-order valence-electron chi connectivity index (χ4n) is 6.05. The van der Waals surface area contributed by atoms with Gasteiger partial charge in [-0.05, 0) is 46.5 Å². The van der Waals surface area contributed by atoms with E-state index in [1.807, 2.05) is 4.90 Å². The molecular formula is C22H34N2O5. The van der Waals surface area contributed by atoms with E-state index in [9.17, 15) is 4.79 Å². The predicted molar refractivity (Wildman–Crippen MR) is 107 cm³/mol. The Labute approximate surface area is 173 Å². The number of ether oxygens (including phenoxy) is 4. The predicted octanol–water partition coefficient (Wildman–Crippen LogP) is 2.25. The summed E-state index contributed by atoms with van der Waals surface area (Å²) in [7, 11) is 1.72. The molecule has 1 spiro atoms. The topological polar surface area (TPSA) is 75.9 Å². The van der Waals surface area contributed by atoms with E-state index in [-0.39, 0.29) is 47.6 Å². The van der Waals surface area contributed by atoms with Crippen molar-refractivity contribution in [3.05, 3.63) is 11.6 Å². The van der Waals surface area contributed by atoms with Gasteiger partial charge in [0.05, 0.1) is 18.6 Å². The van der Waals surface area contributed by atoms with Crippen LogP contribution in [0.1, 0.15) is 46.5 Å². The third-order valence-corrected chi connectivity index (χ3v) is 7.78. The molecule has 2 unspecified atom stereocenters. The average Bonchev–Trinajstić information content (AvgIpc) is 3.48. The fourth-order valence-corrected chi connectivity index (χ4v) is 6.05. The molecular weight excluding hydrogens is 372 g/mol. The lowest BCUT2D eigenvalue weighted by Crippen LogP contribution is -2.57. The molecule has 2 bridgehead atoms. The number of amides is 1. The third kappa shape index (κ3) is 3.30. The highest BCUT2D eigenvalue weighted by atomic mass is 16.6. The number of carbonyl (C=O) groups is 1. The van der Waals surface area contributed by atoms with E-state index in [0.717, 1.165) is 45.4 Å². The van der Waals surface area contributed by atoms with Crippen LogP contribution in [0.25, 0.3) is 0 Å². The first-order chi connectivity index (χ1) is 13.9. The van der Waals surface area contributed by atoms with Crippen LogP contribution in [0, 0.1) is 5.92 Å². The van der Waals surface area contributed by atoms with Crippen LogP contribution in [0.3, 0.4) is 0 Å². The van der Waals surface area contributed by atoms with Crippen LogP contribution in [-0.2, 0) is 18.9 Å². The molecule has 5 rings (SSSR count). The van der Waals surface area contributed by atoms with Crippen molar-refractivity contribution < 1.29 is 23.7 Å². The van der Waals surface area contributed by atoms with Gasteiger partial charge in [-0.25, -0.2) is 4.79 Å². The van der Waals surface area contributed by atoms with Crippen LogP contribution in [0.4, 0.5) is 4.79 Å². The van der Waals surface area contributed by atoms with Gasteiger partial charge in [0.25, 0.3) is 0 Å². The molecule has 4 aliphatic heterocycles. The van der Waals surface area contributed by atoms with E-state index in [4.69, 9.17) is 18.9 Å². The van der Waals surface area contributed by atoms with E-state index in [2.05, 4.69) is 32.2 Å². The monoisotopic (exact) mass is 406 g/mol. The summed E-state index contributed by atoms with van der Waals surface area (Å²) in [4.78, 5) is 14.8. The zero-order valence-corrected chi connectivity index (χ0v) is 18.0. The molecule has 4 saturated heterocycles. The third-order valence-electron chi connectivity index (χ3n) is 7.78. The second kappa shape index (κ2) is 6.94. The molecule has 4 heterocycles. The molecule has 0 aromatic carbocycles. The number of nitrogens with one attached hydrogen (secondary N) is 1. The summed E-state index contributed by atoms with van der Waals surface area (Å²) in [6.45, 7) is 8.76. The van der Waals surface area contributed by atoms with Crippen molar-refractivity contribution in [2.75, 3.05) is 26.8 Å². The van der Waals surface area contributed by atoms with Gasteiger partial charge in [-0.15, -0.1) is 0 Å². The highest BCUT2D eigenvalue weighted by Gasteiger charge is 2.72. The number of rotatable bonds is 5. The van der Waals surface area contributed by atoms with Crippen molar-refractivity contribution in [2.45, 2.75) is 88.1 Å². The Kier molecular flexibility index (Phi) is 4.74. The van der Waals surface area contributed by atoms with E-state index < -0.39 is 0 Å². The largest absolute Gasteiger partial charge is 0.443 e. The summed E-state index contributed by atoms with van der Waals surface area (Å²) < 4.78 is 24.2. The van der Waals surface area contributed by atoms with Crippen molar-refractivity contribution in [1.29, 1.82) is 0 Å². The van der Waals surface area contributed by atoms with E-state index in [0.29, 0.717) is 6.04 Å². The second-order valence-corrected chi connectivity index (χ2v) is 9.95. The Morgan fingerprint density at radius 3 is 2.76 bits per heavy atom. The van der Waals surface area contributed by atoms with Crippen molar-refractivity contribution in [2.24, 2.45) is 5.92 Å². The Morgan fingerprint density at radius 2 is 2.17 bits per heavy atom. The summed E-state index contributed by atoms with van der Waals surface area (Å²) in [5.41, 5.74) is 0.813. The normalized spacial score (nSPS) is 47.4. The lowest BCUT2D eigenvalue weighted by atomic mass is 9.68. The number of hydrogen-bond donors (Lipinski definition) is 1. The highest BCUT2D eigenvalue weighted by molar-refractivity contribution is 5.69. The number of piperazine rings is 1. The summed E-state index contributed by atoms with van der Waals surface area (Å²) >= 11 is 0. The van der Waals surface area contributed by atoms with Gasteiger partial charge in [-0.2, -0.15) is 0 Å². The molecule has 7 nitrogen and oxygen atoms in total. The summed E-state index contributed by atoms with van der Waals surface area (Å²) in [6.07, 6.45) is 5.32. The van der Waals surface area contributed by atoms with Gasteiger partial charge in [0, 0.05) is 32.3 Å². The summed E-state index contributed by atoms with van der Waals surface area (Å²) in [5, 5.41) is 3.43. The minimum atomic E-state index is -0.301. The van der Waals surface area contributed by atoms with Crippen molar-refractivity contribution in [3.63, 3.8) is 0 Å². The number of methoxy groups -OCH3 is 1. The maximum absolute atomic E-state index is 12.9. The lowest BCUT2D eigenvalue weighted by molar-refractivity contribution is -0.122. The number of epoxide rings is 2. The average molecular weight is 407 g/mol. The van der Waals surface area contributed by atoms with Crippen LogP contribution in [-0.4, -0.2) is 79.4 Å². The SMILES string of the molecule is CO[C@@H]1[C@H](OC(=O)N2CC3CC2CN3)CC[C@]2(CO2)[C@H]1[C@@]1(C)O[C@@H]1CC=C(C)C. The molecule has 8 atom stereocenters. The second-order valence-electron chi connectivity index (χ2n) is 9.95. The number of allylic oxidation sites excluding steroid dienone is 1. The number of nitrogens with zero attached hydrogens (tertiary/aromatic N) is 1. The molecule has 0 radical (unpaired) electrons. The number of carbonyl (C=O) groups excluding carboxylic acids is 1. The van der Waals surface area contributed by atoms with Crippen LogP contribution < -0.4 is 5.32 Å². The van der Waals surface area contributed by atoms with Gasteiger partial charge in [0.15, 0.2) is 0 Å². The smallest absolute Gasteiger partial charge is 0.410 e. The van der Waals surface area contributed by atoms with E-state index >= 15 is 0 Å². The van der Waals surface area contributed by atoms with Crippen molar-refractivity contribution >= 4 is 6.09 Å². The van der Waals surface area contributed by atoms with Gasteiger partial charge in [-0.3, -0.25) is 0 Å². The Balaban J connectivity index is 1.30. The van der Waals surface area contributed by atoms with E-state index in [1.54, 1.807) is 7.11 Å². The molecule has 5 fully saturated rings. The van der Waals surface area contributed by atoms with Gasteiger partial charge in [0.1, 0.15) is 23.4 Å². The lowest BCUT2D eigenvalue weighted by Gasteiger charge is -2.43. The van der Waals surface area contributed by atoms with Crippen LogP contribution in [0.5, 0.6) is 0 Å². The molecule has 7 heteroatoms. The molecule has 1 N–H and O–H groups in total. The molecule has 162 valence electrons. The Morgan fingerprint density at radius 1 is 1.38 bits per heavy atom. The number of hydrogen-bond acceptors (Lipinski definition) is 6. The maximum atomic E-state index is 12.9. The van der Waals surface area contributed by atoms with Gasteiger partial charge < -0.3 is 29.2 Å². The highest BCUT2D eigenvalue weighted by Crippen LogP contribution is 2.59. The number of likely N-dealkylation sites (tertiary alicyclic amines) is 1. The molecule has 29 heavy (non-hydrogen) atoms. The minimum absolute atomic E-state index is 0.0683. The first-order valence-electron chi connectivity index (χ1n) is 11.0. The molecule has 1 aliphatic carbocycles. The first kappa shape index (κ1) is 19.8. The maximum Gasteiger partial charge on any atom is 0.410 e. The summed E-state index contributed by atoms with van der Waals surface area (Å²) in [5.74, 6) is 0.0683. The Hall–Kier alpha value is -1.15. The molecule has 5 aliphatic rings. The first-order valence-corrected chi connectivity index (χ1v) is 11.0. The van der Waals surface area contributed by atoms with Gasteiger partial charge >= 0.3 is 6.09 Å². The quantitative estimate of drug-likeness (QED) is 0.558. The van der Waals surface area contributed by atoms with Gasteiger partial charge in [-0.1, -0.05) is 11.6 Å². The van der Waals surface area contributed by atoms with Crippen molar-refractivity contribution in [1.82, 2.24) is 10.2 Å². The van der Waals surface area contributed by atoms with Crippen LogP contribution >= 0.6 is 0 Å². The molecule has 1 saturated carbocycles.